The molecule has 100 valence electrons. The summed E-state index contributed by atoms with van der Waals surface area (Å²) in [7, 11) is 1.82. The molecule has 0 aliphatic carbocycles. The van der Waals surface area contributed by atoms with Gasteiger partial charge in [0, 0.05) is 26.6 Å². The van der Waals surface area contributed by atoms with Crippen molar-refractivity contribution in [2.24, 2.45) is 11.8 Å². The maximum atomic E-state index is 11.9. The van der Waals surface area contributed by atoms with Gasteiger partial charge in [-0.2, -0.15) is 0 Å². The van der Waals surface area contributed by atoms with E-state index in [1.807, 2.05) is 7.05 Å². The van der Waals surface area contributed by atoms with Crippen LogP contribution in [0, 0.1) is 11.8 Å². The van der Waals surface area contributed by atoms with Gasteiger partial charge in [0.15, 0.2) is 0 Å². The number of carbonyl (C=O) groups is 1. The van der Waals surface area contributed by atoms with Crippen molar-refractivity contribution in [3.8, 4) is 0 Å². The summed E-state index contributed by atoms with van der Waals surface area (Å²) in [6, 6.07) is 0. The van der Waals surface area contributed by atoms with Crippen LogP contribution in [-0.2, 0) is 4.79 Å². The van der Waals surface area contributed by atoms with Crippen LogP contribution in [0.5, 0.6) is 0 Å². The Kier molecular flexibility index (Phi) is 6.52. The van der Waals surface area contributed by atoms with E-state index >= 15 is 0 Å². The Morgan fingerprint density at radius 3 is 2.94 bits per heavy atom. The highest BCUT2D eigenvalue weighted by molar-refractivity contribution is 5.76. The zero-order valence-electron chi connectivity index (χ0n) is 11.1. The topological polar surface area (TPSA) is 52.6 Å². The molecule has 1 aliphatic rings. The normalized spacial score (nSPS) is 22.2. The Balaban J connectivity index is 2.28. The lowest BCUT2D eigenvalue weighted by Gasteiger charge is -2.29. The third-order valence-corrected chi connectivity index (χ3v) is 3.71. The van der Waals surface area contributed by atoms with E-state index in [1.165, 1.54) is 12.8 Å². The van der Waals surface area contributed by atoms with E-state index in [9.17, 15) is 4.79 Å². The maximum absolute atomic E-state index is 11.9. The maximum Gasteiger partial charge on any atom is 0.222 e. The van der Waals surface area contributed by atoms with Gasteiger partial charge in [0.05, 0.1) is 0 Å². The Hall–Kier alpha value is -0.610. The van der Waals surface area contributed by atoms with Crippen molar-refractivity contribution in [1.82, 2.24) is 10.2 Å². The molecule has 1 aliphatic heterocycles. The summed E-state index contributed by atoms with van der Waals surface area (Å²) in [5.41, 5.74) is 0. The number of nitrogens with one attached hydrogen (secondary N) is 1. The standard InChI is InChI=1S/C13H26N2O2/c1-11(12-5-3-6-14-10-12)9-13(17)15(2)7-4-8-16/h11-12,14,16H,3-10H2,1-2H3. The molecular formula is C13H26N2O2. The second-order valence-corrected chi connectivity index (χ2v) is 5.18. The fraction of sp³-hybridized carbons (Fsp3) is 0.923. The summed E-state index contributed by atoms with van der Waals surface area (Å²) in [6.07, 6.45) is 3.77. The molecule has 0 aromatic rings. The molecular weight excluding hydrogens is 216 g/mol. The first kappa shape index (κ1) is 14.5. The largest absolute Gasteiger partial charge is 0.396 e. The van der Waals surface area contributed by atoms with E-state index < -0.39 is 0 Å². The minimum Gasteiger partial charge on any atom is -0.396 e. The van der Waals surface area contributed by atoms with Gasteiger partial charge in [-0.05, 0) is 44.2 Å². The van der Waals surface area contributed by atoms with Crippen LogP contribution in [0.2, 0.25) is 0 Å². The first-order valence-corrected chi connectivity index (χ1v) is 6.70. The molecule has 0 saturated carbocycles. The first-order valence-electron chi connectivity index (χ1n) is 6.70. The molecule has 2 N–H and O–H groups in total. The van der Waals surface area contributed by atoms with Crippen LogP contribution in [0.25, 0.3) is 0 Å². The van der Waals surface area contributed by atoms with Gasteiger partial charge in [0.2, 0.25) is 5.91 Å². The molecule has 1 fully saturated rings. The van der Waals surface area contributed by atoms with Gasteiger partial charge < -0.3 is 15.3 Å². The van der Waals surface area contributed by atoms with Crippen molar-refractivity contribution in [3.63, 3.8) is 0 Å². The van der Waals surface area contributed by atoms with Gasteiger partial charge in [-0.3, -0.25) is 4.79 Å². The predicted molar refractivity (Wildman–Crippen MR) is 68.7 cm³/mol. The number of carbonyl (C=O) groups excluding carboxylic acids is 1. The minimum atomic E-state index is 0.152. The van der Waals surface area contributed by atoms with Gasteiger partial charge in [0.1, 0.15) is 0 Å². The number of aliphatic hydroxyl groups is 1. The Bertz CT molecular complexity index is 227. The van der Waals surface area contributed by atoms with Crippen LogP contribution < -0.4 is 5.32 Å². The third kappa shape index (κ3) is 5.04. The molecule has 1 amide bonds. The number of hydrogen-bond donors (Lipinski definition) is 2. The first-order chi connectivity index (χ1) is 8.15. The smallest absolute Gasteiger partial charge is 0.222 e. The van der Waals surface area contributed by atoms with E-state index in [1.54, 1.807) is 4.90 Å². The second kappa shape index (κ2) is 7.67. The quantitative estimate of drug-likeness (QED) is 0.726. The SMILES string of the molecule is CC(CC(=O)N(C)CCCO)C1CCCNC1. The molecule has 1 saturated heterocycles. The molecule has 1 heterocycles. The number of hydrogen-bond acceptors (Lipinski definition) is 3. The highest BCUT2D eigenvalue weighted by Crippen LogP contribution is 2.22. The molecule has 0 aromatic heterocycles. The fourth-order valence-corrected chi connectivity index (χ4v) is 2.39. The molecule has 0 aromatic carbocycles. The summed E-state index contributed by atoms with van der Waals surface area (Å²) in [6.45, 7) is 5.16. The number of piperidine rings is 1. The van der Waals surface area contributed by atoms with Crippen LogP contribution in [0.1, 0.15) is 32.6 Å². The van der Waals surface area contributed by atoms with Crippen LogP contribution in [0.4, 0.5) is 0 Å². The molecule has 4 nitrogen and oxygen atoms in total. The Morgan fingerprint density at radius 2 is 2.35 bits per heavy atom. The summed E-state index contributed by atoms with van der Waals surface area (Å²) in [4.78, 5) is 13.7. The van der Waals surface area contributed by atoms with Crippen LogP contribution in [-0.4, -0.2) is 49.2 Å². The summed E-state index contributed by atoms with van der Waals surface area (Å²) >= 11 is 0. The second-order valence-electron chi connectivity index (χ2n) is 5.18. The molecule has 2 unspecified atom stereocenters. The average Bonchev–Trinajstić information content (AvgIpc) is 2.36. The highest BCUT2D eigenvalue weighted by Gasteiger charge is 2.23. The average molecular weight is 242 g/mol. The van der Waals surface area contributed by atoms with Crippen molar-refractivity contribution >= 4 is 5.91 Å². The van der Waals surface area contributed by atoms with E-state index in [-0.39, 0.29) is 12.5 Å². The van der Waals surface area contributed by atoms with E-state index in [2.05, 4.69) is 12.2 Å². The van der Waals surface area contributed by atoms with E-state index in [4.69, 9.17) is 5.11 Å². The zero-order chi connectivity index (χ0) is 12.7. The van der Waals surface area contributed by atoms with Crippen LogP contribution in [0.3, 0.4) is 0 Å². The number of rotatable bonds is 6. The number of aliphatic hydroxyl groups excluding tert-OH is 1. The molecule has 4 heteroatoms. The Labute approximate surface area is 104 Å². The van der Waals surface area contributed by atoms with Crippen molar-refractivity contribution in [2.75, 3.05) is 33.3 Å². The lowest BCUT2D eigenvalue weighted by atomic mass is 9.85. The van der Waals surface area contributed by atoms with Gasteiger partial charge in [-0.25, -0.2) is 0 Å². The minimum absolute atomic E-state index is 0.152. The summed E-state index contributed by atoms with van der Waals surface area (Å²) < 4.78 is 0. The molecule has 0 bridgehead atoms. The Morgan fingerprint density at radius 1 is 1.59 bits per heavy atom. The molecule has 17 heavy (non-hydrogen) atoms. The van der Waals surface area contributed by atoms with Crippen LogP contribution >= 0.6 is 0 Å². The van der Waals surface area contributed by atoms with Crippen molar-refractivity contribution in [2.45, 2.75) is 32.6 Å². The lowest BCUT2D eigenvalue weighted by Crippen LogP contribution is -2.36. The molecule has 0 spiro atoms. The predicted octanol–water partition coefficient (Wildman–Crippen LogP) is 0.853. The van der Waals surface area contributed by atoms with Gasteiger partial charge in [0.25, 0.3) is 0 Å². The van der Waals surface area contributed by atoms with Gasteiger partial charge >= 0.3 is 0 Å². The van der Waals surface area contributed by atoms with Crippen molar-refractivity contribution in [3.05, 3.63) is 0 Å². The summed E-state index contributed by atoms with van der Waals surface area (Å²) in [5, 5.41) is 12.1. The third-order valence-electron chi connectivity index (χ3n) is 3.71. The van der Waals surface area contributed by atoms with Crippen LogP contribution in [0.15, 0.2) is 0 Å². The van der Waals surface area contributed by atoms with Gasteiger partial charge in [-0.1, -0.05) is 6.92 Å². The number of nitrogens with zero attached hydrogens (tertiary/aromatic N) is 1. The van der Waals surface area contributed by atoms with Crippen molar-refractivity contribution in [1.29, 1.82) is 0 Å². The fourth-order valence-electron chi connectivity index (χ4n) is 2.39. The monoisotopic (exact) mass is 242 g/mol. The van der Waals surface area contributed by atoms with Crippen molar-refractivity contribution < 1.29 is 9.90 Å². The lowest BCUT2D eigenvalue weighted by molar-refractivity contribution is -0.131. The van der Waals surface area contributed by atoms with E-state index in [0.717, 1.165) is 13.1 Å². The number of amides is 1. The summed E-state index contributed by atoms with van der Waals surface area (Å²) in [5.74, 6) is 1.29. The molecule has 0 radical (unpaired) electrons. The van der Waals surface area contributed by atoms with Gasteiger partial charge in [-0.15, -0.1) is 0 Å². The molecule has 2 atom stereocenters. The zero-order valence-corrected chi connectivity index (χ0v) is 11.1. The molecule has 1 rings (SSSR count). The van der Waals surface area contributed by atoms with E-state index in [0.29, 0.717) is 31.2 Å². The highest BCUT2D eigenvalue weighted by atomic mass is 16.3.